The molecule has 5 rings (SSSR count). The van der Waals surface area contributed by atoms with Crippen LogP contribution in [0.5, 0.6) is 11.5 Å². The number of furan rings is 1. The number of esters is 1. The fourth-order valence-corrected chi connectivity index (χ4v) is 5.87. The first-order valence-corrected chi connectivity index (χ1v) is 13.7. The summed E-state index contributed by atoms with van der Waals surface area (Å²) in [7, 11) is 3.02. The summed E-state index contributed by atoms with van der Waals surface area (Å²) in [4.78, 5) is 43.3. The highest BCUT2D eigenvalue weighted by molar-refractivity contribution is 7.07. The van der Waals surface area contributed by atoms with Gasteiger partial charge in [0, 0.05) is 17.7 Å². The smallest absolute Gasteiger partial charge is 0.338 e. The number of hydrogen-bond acceptors (Lipinski definition) is 10. The van der Waals surface area contributed by atoms with Gasteiger partial charge in [-0.25, -0.2) is 9.79 Å². The Kier molecular flexibility index (Phi) is 7.81. The van der Waals surface area contributed by atoms with E-state index in [1.165, 1.54) is 24.9 Å². The van der Waals surface area contributed by atoms with Crippen molar-refractivity contribution in [1.29, 1.82) is 0 Å². The summed E-state index contributed by atoms with van der Waals surface area (Å²) in [5, 5.41) is 11.6. The number of nitro groups is 1. The Morgan fingerprint density at radius 1 is 1.14 bits per heavy atom. The molecule has 0 fully saturated rings. The number of nitro benzene ring substituents is 1. The van der Waals surface area contributed by atoms with E-state index in [9.17, 15) is 19.7 Å². The van der Waals surface area contributed by atoms with Crippen molar-refractivity contribution in [2.24, 2.45) is 4.99 Å². The van der Waals surface area contributed by atoms with Crippen molar-refractivity contribution in [3.8, 4) is 22.8 Å². The zero-order valence-electron chi connectivity index (χ0n) is 23.5. The van der Waals surface area contributed by atoms with E-state index in [0.29, 0.717) is 44.6 Å². The predicted octanol–water partition coefficient (Wildman–Crippen LogP) is 4.29. The summed E-state index contributed by atoms with van der Waals surface area (Å²) >= 11 is 1.13. The first kappa shape index (κ1) is 28.6. The molecular formula is C30H27N3O8S. The molecule has 0 N–H and O–H groups in total. The molecule has 2 aromatic heterocycles. The van der Waals surface area contributed by atoms with Crippen molar-refractivity contribution < 1.29 is 28.3 Å². The SMILES string of the molecule is CCOC(=O)C1=C(C)N=c2s/c(=C/c3ccc(-c4ccc(C)cc4[N+](=O)[O-])o3)c(=O)n2[C@@H]1c1cc(OC)ccc1OC. The molecule has 0 aliphatic carbocycles. The number of rotatable bonds is 8. The summed E-state index contributed by atoms with van der Waals surface area (Å²) in [6.45, 7) is 5.30. The molecule has 0 unspecified atom stereocenters. The van der Waals surface area contributed by atoms with Gasteiger partial charge in [0.15, 0.2) is 4.80 Å². The molecule has 2 aromatic carbocycles. The van der Waals surface area contributed by atoms with Crippen LogP contribution in [0.15, 0.2) is 74.0 Å². The first-order valence-electron chi connectivity index (χ1n) is 12.9. The fourth-order valence-electron chi connectivity index (χ4n) is 4.84. The third-order valence-corrected chi connectivity index (χ3v) is 7.75. The van der Waals surface area contributed by atoms with E-state index in [1.807, 2.05) is 0 Å². The minimum Gasteiger partial charge on any atom is -0.497 e. The van der Waals surface area contributed by atoms with Gasteiger partial charge in [-0.1, -0.05) is 17.4 Å². The number of nitrogens with zero attached hydrogens (tertiary/aromatic N) is 3. The van der Waals surface area contributed by atoms with Crippen molar-refractivity contribution in [2.75, 3.05) is 20.8 Å². The lowest BCUT2D eigenvalue weighted by atomic mass is 9.95. The molecule has 0 spiro atoms. The van der Waals surface area contributed by atoms with E-state index < -0.39 is 22.5 Å². The molecule has 0 saturated heterocycles. The molecule has 4 aromatic rings. The quantitative estimate of drug-likeness (QED) is 0.169. The first-order chi connectivity index (χ1) is 20.2. The molecule has 42 heavy (non-hydrogen) atoms. The molecule has 0 radical (unpaired) electrons. The second-order valence-corrected chi connectivity index (χ2v) is 10.4. The summed E-state index contributed by atoms with van der Waals surface area (Å²) in [6.07, 6.45) is 1.55. The average Bonchev–Trinajstić information content (AvgIpc) is 3.55. The lowest BCUT2D eigenvalue weighted by Gasteiger charge is -2.26. The Morgan fingerprint density at radius 3 is 2.62 bits per heavy atom. The van der Waals surface area contributed by atoms with Crippen molar-refractivity contribution in [1.82, 2.24) is 4.57 Å². The highest BCUT2D eigenvalue weighted by Gasteiger charge is 2.35. The molecule has 1 atom stereocenters. The van der Waals surface area contributed by atoms with Crippen LogP contribution in [-0.4, -0.2) is 36.3 Å². The number of benzene rings is 2. The predicted molar refractivity (Wildman–Crippen MR) is 155 cm³/mol. The van der Waals surface area contributed by atoms with Crippen LogP contribution in [0.2, 0.25) is 0 Å². The van der Waals surface area contributed by atoms with Crippen LogP contribution in [0, 0.1) is 17.0 Å². The molecule has 11 nitrogen and oxygen atoms in total. The van der Waals surface area contributed by atoms with Gasteiger partial charge in [0.2, 0.25) is 0 Å². The lowest BCUT2D eigenvalue weighted by Crippen LogP contribution is -2.40. The van der Waals surface area contributed by atoms with E-state index in [-0.39, 0.29) is 22.4 Å². The minimum atomic E-state index is -0.908. The summed E-state index contributed by atoms with van der Waals surface area (Å²) in [6, 6.07) is 12.4. The molecule has 216 valence electrons. The second kappa shape index (κ2) is 11.5. The standard InChI is InChI=1S/C30H27N3O8S/c1-6-40-29(35)26-17(3)31-30-32(27(26)21-14-18(38-4)8-11-23(21)39-5)28(34)25(42-30)15-19-9-12-24(41-19)20-10-7-16(2)13-22(20)33(36)37/h7-15,27H,6H2,1-5H3/b25-15+/t27-/m1/s1. The number of thiazole rings is 1. The van der Waals surface area contributed by atoms with Crippen LogP contribution >= 0.6 is 11.3 Å². The van der Waals surface area contributed by atoms with Crippen molar-refractivity contribution in [2.45, 2.75) is 26.8 Å². The molecule has 0 bridgehead atoms. The third kappa shape index (κ3) is 5.12. The Labute approximate surface area is 243 Å². The Morgan fingerprint density at radius 2 is 1.93 bits per heavy atom. The maximum atomic E-state index is 14.0. The van der Waals surface area contributed by atoms with Crippen LogP contribution in [0.1, 0.15) is 36.8 Å². The van der Waals surface area contributed by atoms with Gasteiger partial charge < -0.3 is 18.6 Å². The zero-order chi connectivity index (χ0) is 30.1. The van der Waals surface area contributed by atoms with Gasteiger partial charge in [0.1, 0.15) is 29.1 Å². The third-order valence-electron chi connectivity index (χ3n) is 6.76. The average molecular weight is 590 g/mol. The maximum absolute atomic E-state index is 14.0. The van der Waals surface area contributed by atoms with Crippen LogP contribution in [0.3, 0.4) is 0 Å². The van der Waals surface area contributed by atoms with E-state index in [4.69, 9.17) is 18.6 Å². The number of carbonyl (C=O) groups is 1. The highest BCUT2D eigenvalue weighted by atomic mass is 32.1. The monoisotopic (exact) mass is 589 g/mol. The van der Waals surface area contributed by atoms with Gasteiger partial charge in [-0.2, -0.15) is 0 Å². The minimum absolute atomic E-state index is 0.0792. The number of methoxy groups -OCH3 is 2. The van der Waals surface area contributed by atoms with Crippen molar-refractivity contribution >= 4 is 29.1 Å². The van der Waals surface area contributed by atoms with E-state index >= 15 is 0 Å². The Hall–Kier alpha value is -4.97. The highest BCUT2D eigenvalue weighted by Crippen LogP contribution is 2.38. The van der Waals surface area contributed by atoms with Gasteiger partial charge >= 0.3 is 5.97 Å². The van der Waals surface area contributed by atoms with Gasteiger partial charge in [-0.3, -0.25) is 19.5 Å². The molecule has 1 aliphatic rings. The van der Waals surface area contributed by atoms with Gasteiger partial charge in [-0.15, -0.1) is 0 Å². The molecule has 1 aliphatic heterocycles. The van der Waals surface area contributed by atoms with Gasteiger partial charge in [-0.05, 0) is 62.7 Å². The number of aryl methyl sites for hydroxylation is 1. The number of allylic oxidation sites excluding steroid dienone is 1. The van der Waals surface area contributed by atoms with Crippen LogP contribution in [0.25, 0.3) is 17.4 Å². The normalized spacial score (nSPS) is 14.8. The maximum Gasteiger partial charge on any atom is 0.338 e. The van der Waals surface area contributed by atoms with E-state index in [0.717, 1.165) is 16.9 Å². The number of aromatic nitrogens is 1. The molecular weight excluding hydrogens is 562 g/mol. The molecule has 0 saturated carbocycles. The second-order valence-electron chi connectivity index (χ2n) is 9.39. The molecule has 0 amide bonds. The summed E-state index contributed by atoms with van der Waals surface area (Å²) in [5.41, 5.74) is 1.71. The fraction of sp³-hybridized carbons (Fsp3) is 0.233. The number of hydrogen-bond donors (Lipinski definition) is 0. The van der Waals surface area contributed by atoms with Gasteiger partial charge in [0.05, 0.1) is 47.1 Å². The molecule has 3 heterocycles. The number of carbonyl (C=O) groups excluding carboxylic acids is 1. The lowest BCUT2D eigenvalue weighted by molar-refractivity contribution is -0.384. The molecule has 12 heteroatoms. The number of ether oxygens (including phenoxy) is 3. The Bertz CT molecular complexity index is 1930. The number of fused-ring (bicyclic) bond motifs is 1. The topological polar surface area (TPSA) is 135 Å². The van der Waals surface area contributed by atoms with E-state index in [1.54, 1.807) is 69.3 Å². The summed E-state index contributed by atoms with van der Waals surface area (Å²) in [5.74, 6) is 0.974. The van der Waals surface area contributed by atoms with Crippen molar-refractivity contribution in [3.05, 3.63) is 106 Å². The van der Waals surface area contributed by atoms with E-state index in [2.05, 4.69) is 4.99 Å². The summed E-state index contributed by atoms with van der Waals surface area (Å²) < 4.78 is 24.1. The van der Waals surface area contributed by atoms with Crippen molar-refractivity contribution in [3.63, 3.8) is 0 Å². The largest absolute Gasteiger partial charge is 0.497 e. The van der Waals surface area contributed by atoms with Gasteiger partial charge in [0.25, 0.3) is 11.2 Å². The Balaban J connectivity index is 1.68. The van der Waals surface area contributed by atoms with Crippen LogP contribution < -0.4 is 24.4 Å². The van der Waals surface area contributed by atoms with Crippen LogP contribution in [-0.2, 0) is 9.53 Å². The zero-order valence-corrected chi connectivity index (χ0v) is 24.3. The van der Waals surface area contributed by atoms with Crippen LogP contribution in [0.4, 0.5) is 5.69 Å².